The second-order valence-corrected chi connectivity index (χ2v) is 5.38. The molecular formula is C13H28N4O. The van der Waals surface area contributed by atoms with Gasteiger partial charge in [-0.25, -0.2) is 0 Å². The summed E-state index contributed by atoms with van der Waals surface area (Å²) in [5.41, 5.74) is 5.44. The van der Waals surface area contributed by atoms with Crippen molar-refractivity contribution in [1.82, 2.24) is 15.1 Å². The van der Waals surface area contributed by atoms with E-state index in [1.165, 1.54) is 12.8 Å². The molecule has 18 heavy (non-hydrogen) atoms. The van der Waals surface area contributed by atoms with Crippen molar-refractivity contribution < 1.29 is 4.79 Å². The Morgan fingerprint density at radius 1 is 1.50 bits per heavy atom. The minimum atomic E-state index is -0.247. The summed E-state index contributed by atoms with van der Waals surface area (Å²) in [6, 6.07) is 0.348. The highest BCUT2D eigenvalue weighted by Crippen LogP contribution is 2.14. The summed E-state index contributed by atoms with van der Waals surface area (Å²) in [4.78, 5) is 16.0. The van der Waals surface area contributed by atoms with E-state index in [0.717, 1.165) is 26.1 Å². The lowest BCUT2D eigenvalue weighted by Crippen LogP contribution is -2.52. The first-order valence-electron chi connectivity index (χ1n) is 6.96. The van der Waals surface area contributed by atoms with Gasteiger partial charge < -0.3 is 20.9 Å². The number of nitrogens with one attached hydrogen (secondary N) is 1. The van der Waals surface area contributed by atoms with E-state index in [4.69, 9.17) is 5.73 Å². The van der Waals surface area contributed by atoms with Crippen LogP contribution in [0.5, 0.6) is 0 Å². The fourth-order valence-electron chi connectivity index (χ4n) is 2.45. The molecule has 106 valence electrons. The van der Waals surface area contributed by atoms with Crippen LogP contribution in [0.3, 0.4) is 0 Å². The van der Waals surface area contributed by atoms with Crippen molar-refractivity contribution in [2.45, 2.75) is 38.3 Å². The second kappa shape index (κ2) is 7.71. The molecule has 0 aliphatic carbocycles. The molecule has 1 saturated heterocycles. The molecule has 1 atom stereocenters. The van der Waals surface area contributed by atoms with Gasteiger partial charge in [-0.15, -0.1) is 0 Å². The molecule has 1 amide bonds. The Bertz CT molecular complexity index is 251. The molecule has 0 aromatic rings. The number of carbonyl (C=O) groups is 1. The minimum Gasteiger partial charge on any atom is -0.368 e. The molecule has 5 heteroatoms. The van der Waals surface area contributed by atoms with Gasteiger partial charge in [0.05, 0.1) is 6.04 Å². The Labute approximate surface area is 111 Å². The maximum Gasteiger partial charge on any atom is 0.235 e. The van der Waals surface area contributed by atoms with Crippen LogP contribution in [0.4, 0.5) is 0 Å². The predicted molar refractivity (Wildman–Crippen MR) is 74.4 cm³/mol. The first kappa shape index (κ1) is 15.4. The second-order valence-electron chi connectivity index (χ2n) is 5.38. The zero-order valence-corrected chi connectivity index (χ0v) is 12.0. The molecule has 3 N–H and O–H groups in total. The number of primary amides is 1. The fraction of sp³-hybridized carbons (Fsp3) is 0.923. The van der Waals surface area contributed by atoms with Crippen LogP contribution in [0.1, 0.15) is 26.2 Å². The molecule has 1 rings (SSSR count). The van der Waals surface area contributed by atoms with Gasteiger partial charge in [0, 0.05) is 12.6 Å². The third kappa shape index (κ3) is 4.92. The zero-order valence-electron chi connectivity index (χ0n) is 12.0. The van der Waals surface area contributed by atoms with Gasteiger partial charge in [0.1, 0.15) is 0 Å². The molecule has 1 fully saturated rings. The highest BCUT2D eigenvalue weighted by molar-refractivity contribution is 5.80. The van der Waals surface area contributed by atoms with Crippen molar-refractivity contribution >= 4 is 5.91 Å². The van der Waals surface area contributed by atoms with Gasteiger partial charge in [-0.3, -0.25) is 4.79 Å². The van der Waals surface area contributed by atoms with Crippen molar-refractivity contribution in [3.63, 3.8) is 0 Å². The van der Waals surface area contributed by atoms with Crippen LogP contribution in [0, 0.1) is 0 Å². The van der Waals surface area contributed by atoms with Gasteiger partial charge in [-0.1, -0.05) is 6.92 Å². The van der Waals surface area contributed by atoms with Crippen molar-refractivity contribution in [3.05, 3.63) is 0 Å². The van der Waals surface area contributed by atoms with Crippen molar-refractivity contribution in [3.8, 4) is 0 Å². The number of likely N-dealkylation sites (tertiary alicyclic amines) is 1. The van der Waals surface area contributed by atoms with E-state index in [1.54, 1.807) is 0 Å². The van der Waals surface area contributed by atoms with Gasteiger partial charge in [-0.05, 0) is 53.0 Å². The van der Waals surface area contributed by atoms with E-state index >= 15 is 0 Å². The monoisotopic (exact) mass is 256 g/mol. The van der Waals surface area contributed by atoms with Gasteiger partial charge >= 0.3 is 0 Å². The minimum absolute atomic E-state index is 0.227. The van der Waals surface area contributed by atoms with Crippen LogP contribution >= 0.6 is 0 Å². The molecule has 0 bridgehead atoms. The van der Waals surface area contributed by atoms with Crippen LogP contribution in [0.25, 0.3) is 0 Å². The number of hydrogen-bond acceptors (Lipinski definition) is 4. The van der Waals surface area contributed by atoms with Crippen molar-refractivity contribution in [1.29, 1.82) is 0 Å². The molecule has 0 aromatic carbocycles. The largest absolute Gasteiger partial charge is 0.368 e. The SMILES string of the molecule is CCCNC(CN(C)C1CCN(C)CC1)C(N)=O. The van der Waals surface area contributed by atoms with Crippen LogP contribution in [-0.4, -0.2) is 68.1 Å². The van der Waals surface area contributed by atoms with Crippen LogP contribution in [0.2, 0.25) is 0 Å². The normalized spacial score (nSPS) is 20.2. The maximum atomic E-state index is 11.4. The van der Waals surface area contributed by atoms with Crippen LogP contribution in [0.15, 0.2) is 0 Å². The molecule has 1 aliphatic heterocycles. The Kier molecular flexibility index (Phi) is 6.60. The lowest BCUT2D eigenvalue weighted by atomic mass is 10.0. The Morgan fingerprint density at radius 3 is 2.61 bits per heavy atom. The third-order valence-corrected chi connectivity index (χ3v) is 3.77. The lowest BCUT2D eigenvalue weighted by molar-refractivity contribution is -0.120. The van der Waals surface area contributed by atoms with E-state index in [1.807, 2.05) is 0 Å². The predicted octanol–water partition coefficient (Wildman–Crippen LogP) is -0.134. The van der Waals surface area contributed by atoms with E-state index in [-0.39, 0.29) is 11.9 Å². The van der Waals surface area contributed by atoms with Gasteiger partial charge in [-0.2, -0.15) is 0 Å². The fourth-order valence-corrected chi connectivity index (χ4v) is 2.45. The number of nitrogens with zero attached hydrogens (tertiary/aromatic N) is 2. The highest BCUT2D eigenvalue weighted by atomic mass is 16.1. The maximum absolute atomic E-state index is 11.4. The summed E-state index contributed by atoms with van der Waals surface area (Å²) < 4.78 is 0. The number of amides is 1. The summed E-state index contributed by atoms with van der Waals surface area (Å²) >= 11 is 0. The molecule has 5 nitrogen and oxygen atoms in total. The van der Waals surface area contributed by atoms with Gasteiger partial charge in [0.2, 0.25) is 5.91 Å². The number of likely N-dealkylation sites (N-methyl/N-ethyl adjacent to an activating group) is 1. The number of hydrogen-bond donors (Lipinski definition) is 2. The summed E-state index contributed by atoms with van der Waals surface area (Å²) in [6.07, 6.45) is 3.36. The number of carbonyl (C=O) groups excluding carboxylic acids is 1. The smallest absolute Gasteiger partial charge is 0.235 e. The molecule has 0 radical (unpaired) electrons. The van der Waals surface area contributed by atoms with Crippen LogP contribution < -0.4 is 11.1 Å². The average Bonchev–Trinajstić information content (AvgIpc) is 2.34. The molecule has 1 heterocycles. The topological polar surface area (TPSA) is 61.6 Å². The molecule has 0 aromatic heterocycles. The zero-order chi connectivity index (χ0) is 13.5. The standard InChI is InChI=1S/C13H28N4O/c1-4-7-15-12(13(14)18)10-17(3)11-5-8-16(2)9-6-11/h11-12,15H,4-10H2,1-3H3,(H2,14,18). The molecular weight excluding hydrogens is 228 g/mol. The van der Waals surface area contributed by atoms with Gasteiger partial charge in [0.15, 0.2) is 0 Å². The van der Waals surface area contributed by atoms with Crippen LogP contribution in [-0.2, 0) is 4.79 Å². The van der Waals surface area contributed by atoms with E-state index < -0.39 is 0 Å². The molecule has 1 aliphatic rings. The first-order valence-corrected chi connectivity index (χ1v) is 6.96. The molecule has 0 spiro atoms. The van der Waals surface area contributed by atoms with E-state index in [2.05, 4.69) is 36.1 Å². The molecule has 0 saturated carbocycles. The summed E-state index contributed by atoms with van der Waals surface area (Å²) in [5.74, 6) is -0.247. The summed E-state index contributed by atoms with van der Waals surface area (Å²) in [7, 11) is 4.25. The van der Waals surface area contributed by atoms with E-state index in [0.29, 0.717) is 12.6 Å². The van der Waals surface area contributed by atoms with Gasteiger partial charge in [0.25, 0.3) is 0 Å². The lowest BCUT2D eigenvalue weighted by Gasteiger charge is -2.36. The Morgan fingerprint density at radius 2 is 2.11 bits per heavy atom. The summed E-state index contributed by atoms with van der Waals surface area (Å²) in [6.45, 7) is 5.92. The summed E-state index contributed by atoms with van der Waals surface area (Å²) in [5, 5.41) is 3.22. The number of rotatable bonds is 7. The third-order valence-electron chi connectivity index (χ3n) is 3.77. The Hall–Kier alpha value is -0.650. The van der Waals surface area contributed by atoms with Crippen molar-refractivity contribution in [2.24, 2.45) is 5.73 Å². The Balaban J connectivity index is 2.40. The highest BCUT2D eigenvalue weighted by Gasteiger charge is 2.24. The average molecular weight is 256 g/mol. The quantitative estimate of drug-likeness (QED) is 0.666. The van der Waals surface area contributed by atoms with E-state index in [9.17, 15) is 4.79 Å². The molecule has 1 unspecified atom stereocenters. The number of nitrogens with two attached hydrogens (primary N) is 1. The van der Waals surface area contributed by atoms with Crippen molar-refractivity contribution in [2.75, 3.05) is 40.3 Å². The number of piperidine rings is 1. The first-order chi connectivity index (χ1) is 8.54.